The molecular weight excluding hydrogens is 265 g/mol. The van der Waals surface area contributed by atoms with Crippen molar-refractivity contribution in [2.45, 2.75) is 5.92 Å². The predicted octanol–water partition coefficient (Wildman–Crippen LogP) is 0.119. The first-order valence-electron chi connectivity index (χ1n) is 4.56. The van der Waals surface area contributed by atoms with Gasteiger partial charge in [-0.3, -0.25) is 14.7 Å². The van der Waals surface area contributed by atoms with Crippen molar-refractivity contribution in [3.8, 4) is 12.1 Å². The van der Waals surface area contributed by atoms with E-state index < -0.39 is 22.0 Å². The van der Waals surface area contributed by atoms with Crippen LogP contribution < -0.4 is 4.90 Å². The van der Waals surface area contributed by atoms with Crippen LogP contribution in [-0.4, -0.2) is 39.6 Å². The largest absolute Gasteiger partial charge is 0.359 e. The molecule has 89 valence electrons. The minimum atomic E-state index is -1.18. The summed E-state index contributed by atoms with van der Waals surface area (Å²) in [4.78, 5) is 9.84. The van der Waals surface area contributed by atoms with E-state index in [2.05, 4.69) is 9.79 Å². The van der Waals surface area contributed by atoms with Gasteiger partial charge in [0.05, 0.1) is 17.1 Å². The monoisotopic (exact) mass is 268 g/mol. The first kappa shape index (κ1) is 14.9. The molecule has 0 aliphatic rings. The molecule has 0 N–H and O–H groups in total. The van der Waals surface area contributed by atoms with E-state index in [1.807, 2.05) is 0 Å². The molecule has 1 heterocycles. The van der Waals surface area contributed by atoms with E-state index in [1.54, 1.807) is 12.1 Å². The number of benzene rings is 1. The van der Waals surface area contributed by atoms with Crippen LogP contribution in [0.3, 0.4) is 0 Å². The Balaban J connectivity index is 0.00000180. The number of non-ortho nitro benzene ring substituents is 1. The first-order valence-corrected chi connectivity index (χ1v) is 4.56. The molecule has 0 saturated carbocycles. The Hall–Kier alpha value is -2.20. The SMILES string of the molecule is N#CC(C#N)c1ccc([N+](=O)[O-])c2c1no[n+]2[O-].[Na]. The Morgan fingerprint density at radius 3 is 2.58 bits per heavy atom. The Kier molecular flexibility index (Phi) is 4.40. The van der Waals surface area contributed by atoms with Gasteiger partial charge in [-0.1, -0.05) is 0 Å². The second-order valence-corrected chi connectivity index (χ2v) is 3.25. The molecule has 0 unspecified atom stereocenters. The predicted molar refractivity (Wildman–Crippen MR) is 59.3 cm³/mol. The number of nitrogens with zero attached hydrogens (tertiary/aromatic N) is 5. The molecule has 1 radical (unpaired) electrons. The van der Waals surface area contributed by atoms with Crippen LogP contribution in [0.5, 0.6) is 0 Å². The van der Waals surface area contributed by atoms with E-state index >= 15 is 0 Å². The number of hydrogen-bond donors (Lipinski definition) is 0. The van der Waals surface area contributed by atoms with Crippen LogP contribution in [0.2, 0.25) is 0 Å². The van der Waals surface area contributed by atoms with Gasteiger partial charge in [0.15, 0.2) is 5.92 Å². The molecule has 0 aliphatic heterocycles. The first-order chi connectivity index (χ1) is 8.60. The van der Waals surface area contributed by atoms with Crippen molar-refractivity contribution in [1.82, 2.24) is 5.16 Å². The molecule has 0 bridgehead atoms. The van der Waals surface area contributed by atoms with Gasteiger partial charge in [-0.25, -0.2) is 0 Å². The standard InChI is InChI=1S/C9H3N5O4.Na/c10-3-5(4-11)6-1-2-7(13(15)16)9-8(6)12-18-14(9)17;/h1-2,5H;. The van der Waals surface area contributed by atoms with Crippen molar-refractivity contribution in [2.75, 3.05) is 0 Å². The van der Waals surface area contributed by atoms with Gasteiger partial charge in [-0.2, -0.15) is 10.5 Å². The molecule has 10 heteroatoms. The fraction of sp³-hybridized carbons (Fsp3) is 0.111. The van der Waals surface area contributed by atoms with E-state index in [1.165, 1.54) is 6.07 Å². The van der Waals surface area contributed by atoms with E-state index in [9.17, 15) is 15.3 Å². The molecule has 0 aliphatic carbocycles. The number of rotatable bonds is 2. The second kappa shape index (κ2) is 5.63. The fourth-order valence-electron chi connectivity index (χ4n) is 1.53. The number of aromatic nitrogens is 2. The third-order valence-corrected chi connectivity index (χ3v) is 2.32. The van der Waals surface area contributed by atoms with Crippen LogP contribution >= 0.6 is 0 Å². The van der Waals surface area contributed by atoms with Crippen LogP contribution in [0.25, 0.3) is 11.0 Å². The zero-order valence-corrected chi connectivity index (χ0v) is 11.6. The van der Waals surface area contributed by atoms with Crippen LogP contribution in [0, 0.1) is 38.0 Å². The summed E-state index contributed by atoms with van der Waals surface area (Å²) >= 11 is 0. The van der Waals surface area contributed by atoms with Gasteiger partial charge >= 0.3 is 11.2 Å². The van der Waals surface area contributed by atoms with Gasteiger partial charge in [-0.15, -0.1) is 0 Å². The normalized spacial score (nSPS) is 9.63. The number of nitro groups is 1. The Labute approximate surface area is 127 Å². The quantitative estimate of drug-likeness (QED) is 0.325. The maximum absolute atomic E-state index is 11.3. The summed E-state index contributed by atoms with van der Waals surface area (Å²) in [5.74, 6) is -1.18. The Morgan fingerprint density at radius 2 is 2.05 bits per heavy atom. The van der Waals surface area contributed by atoms with Gasteiger partial charge in [0, 0.05) is 46.3 Å². The van der Waals surface area contributed by atoms with E-state index in [0.717, 1.165) is 6.07 Å². The number of hydrogen-bond acceptors (Lipinski definition) is 7. The summed E-state index contributed by atoms with van der Waals surface area (Å²) in [6, 6.07) is 5.63. The van der Waals surface area contributed by atoms with E-state index in [0.29, 0.717) is 0 Å². The van der Waals surface area contributed by atoms with Crippen molar-refractivity contribution in [1.29, 1.82) is 10.5 Å². The fourth-order valence-corrected chi connectivity index (χ4v) is 1.53. The smallest absolute Gasteiger partial charge is 0.324 e. The van der Waals surface area contributed by atoms with Crippen molar-refractivity contribution in [3.05, 3.63) is 33.0 Å². The molecule has 0 saturated heterocycles. The van der Waals surface area contributed by atoms with Crippen molar-refractivity contribution < 1.29 is 14.5 Å². The zero-order chi connectivity index (χ0) is 13.3. The number of fused-ring (bicyclic) bond motifs is 1. The van der Waals surface area contributed by atoms with Crippen LogP contribution in [0.15, 0.2) is 16.8 Å². The van der Waals surface area contributed by atoms with Gasteiger partial charge in [-0.05, 0) is 11.0 Å². The molecule has 0 fully saturated rings. The maximum Gasteiger partial charge on any atom is 0.324 e. The average molecular weight is 268 g/mol. The van der Waals surface area contributed by atoms with Crippen molar-refractivity contribution in [3.63, 3.8) is 0 Å². The zero-order valence-electron chi connectivity index (χ0n) is 9.60. The van der Waals surface area contributed by atoms with E-state index in [4.69, 9.17) is 10.5 Å². The molecule has 1 aromatic carbocycles. The number of nitriles is 2. The molecule has 2 aromatic rings. The molecule has 9 nitrogen and oxygen atoms in total. The molecular formula is C9H3N5NaO4. The van der Waals surface area contributed by atoms with Gasteiger partial charge < -0.3 is 5.21 Å². The van der Waals surface area contributed by atoms with Crippen LogP contribution in [0.1, 0.15) is 11.5 Å². The summed E-state index contributed by atoms with van der Waals surface area (Å²) in [5, 5.41) is 42.9. The summed E-state index contributed by atoms with van der Waals surface area (Å²) in [5.41, 5.74) is -0.973. The minimum absolute atomic E-state index is 0. The summed E-state index contributed by atoms with van der Waals surface area (Å²) in [6.45, 7) is 0. The topological polar surface area (TPSA) is 144 Å². The molecule has 19 heavy (non-hydrogen) atoms. The Morgan fingerprint density at radius 1 is 1.42 bits per heavy atom. The molecule has 2 rings (SSSR count). The summed E-state index contributed by atoms with van der Waals surface area (Å²) in [7, 11) is 0. The van der Waals surface area contributed by atoms with Crippen LogP contribution in [-0.2, 0) is 0 Å². The second-order valence-electron chi connectivity index (χ2n) is 3.25. The molecule has 0 spiro atoms. The average Bonchev–Trinajstić information content (AvgIpc) is 2.73. The summed E-state index contributed by atoms with van der Waals surface area (Å²) < 4.78 is 4.27. The van der Waals surface area contributed by atoms with Gasteiger partial charge in [0.2, 0.25) is 0 Å². The number of nitro benzene ring substituents is 1. The van der Waals surface area contributed by atoms with Gasteiger partial charge in [0.25, 0.3) is 5.52 Å². The molecule has 0 amide bonds. The van der Waals surface area contributed by atoms with Crippen LogP contribution in [0.4, 0.5) is 5.69 Å². The van der Waals surface area contributed by atoms with Crippen molar-refractivity contribution in [2.24, 2.45) is 0 Å². The molecule has 1 aromatic heterocycles. The van der Waals surface area contributed by atoms with E-state index in [-0.39, 0.29) is 45.5 Å². The third kappa shape index (κ3) is 2.35. The molecule has 0 atom stereocenters. The third-order valence-electron chi connectivity index (χ3n) is 2.32. The minimum Gasteiger partial charge on any atom is -0.359 e. The summed E-state index contributed by atoms with van der Waals surface area (Å²) in [6.07, 6.45) is 0. The van der Waals surface area contributed by atoms with Crippen molar-refractivity contribution >= 4 is 46.3 Å². The maximum atomic E-state index is 11.3. The van der Waals surface area contributed by atoms with Gasteiger partial charge in [0.1, 0.15) is 0 Å². The Bertz CT molecular complexity index is 715.